The molecule has 1 aliphatic heterocycles. The number of ketones is 1. The number of phenols is 1. The van der Waals surface area contributed by atoms with Gasteiger partial charge in [0.25, 0.3) is 5.91 Å². The molecule has 2 heterocycles. The van der Waals surface area contributed by atoms with E-state index in [2.05, 4.69) is 4.98 Å². The van der Waals surface area contributed by atoms with Crippen LogP contribution in [0.15, 0.2) is 43.0 Å². The Kier molecular flexibility index (Phi) is 4.64. The summed E-state index contributed by atoms with van der Waals surface area (Å²) in [6.07, 6.45) is 6.60. The summed E-state index contributed by atoms with van der Waals surface area (Å²) in [5.41, 5.74) is 0.645. The monoisotopic (exact) mass is 327 g/mol. The Morgan fingerprint density at radius 1 is 1.21 bits per heavy atom. The maximum atomic E-state index is 12.4. The van der Waals surface area contributed by atoms with Crippen LogP contribution < -0.4 is 0 Å². The summed E-state index contributed by atoms with van der Waals surface area (Å²) < 4.78 is 1.94. The van der Waals surface area contributed by atoms with Gasteiger partial charge in [-0.3, -0.25) is 9.59 Å². The highest BCUT2D eigenvalue weighted by Gasteiger charge is 2.47. The van der Waals surface area contributed by atoms with Crippen molar-refractivity contribution >= 4 is 11.7 Å². The number of phenolic OH excluding ortho intramolecular Hbond substituents is 1. The van der Waals surface area contributed by atoms with E-state index >= 15 is 0 Å². The first-order valence-electron chi connectivity index (χ1n) is 8.22. The van der Waals surface area contributed by atoms with E-state index < -0.39 is 11.8 Å². The lowest BCUT2D eigenvalue weighted by Crippen LogP contribution is -2.31. The summed E-state index contributed by atoms with van der Waals surface area (Å²) in [6.45, 7) is 3.10. The SMILES string of the molecule is CCC1C(=O)C(=O)N(CCCn2ccnc2)C1c1ccccc1O. The topological polar surface area (TPSA) is 75.4 Å². The molecule has 0 bridgehead atoms. The summed E-state index contributed by atoms with van der Waals surface area (Å²) in [5.74, 6) is -1.07. The van der Waals surface area contributed by atoms with Crippen LogP contribution in [-0.4, -0.2) is 37.8 Å². The third-order valence-corrected chi connectivity index (χ3v) is 4.60. The fourth-order valence-corrected chi connectivity index (χ4v) is 3.40. The largest absolute Gasteiger partial charge is 0.508 e. The minimum Gasteiger partial charge on any atom is -0.508 e. The van der Waals surface area contributed by atoms with E-state index in [1.54, 1.807) is 35.6 Å². The number of para-hydroxylation sites is 1. The number of imidazole rings is 1. The van der Waals surface area contributed by atoms with Crippen molar-refractivity contribution in [2.24, 2.45) is 5.92 Å². The van der Waals surface area contributed by atoms with Gasteiger partial charge >= 0.3 is 0 Å². The van der Waals surface area contributed by atoms with Crippen molar-refractivity contribution in [3.05, 3.63) is 48.5 Å². The fourth-order valence-electron chi connectivity index (χ4n) is 3.40. The molecule has 24 heavy (non-hydrogen) atoms. The molecule has 6 nitrogen and oxygen atoms in total. The van der Waals surface area contributed by atoms with E-state index in [0.29, 0.717) is 18.5 Å². The third-order valence-electron chi connectivity index (χ3n) is 4.60. The van der Waals surface area contributed by atoms with Gasteiger partial charge in [0, 0.05) is 31.0 Å². The second kappa shape index (κ2) is 6.86. The van der Waals surface area contributed by atoms with Crippen LogP contribution in [0, 0.1) is 5.92 Å². The number of nitrogens with zero attached hydrogens (tertiary/aromatic N) is 3. The predicted molar refractivity (Wildman–Crippen MR) is 88.2 cm³/mol. The molecule has 1 aromatic carbocycles. The number of hydrogen-bond acceptors (Lipinski definition) is 4. The van der Waals surface area contributed by atoms with E-state index in [1.807, 2.05) is 23.8 Å². The highest BCUT2D eigenvalue weighted by molar-refractivity contribution is 6.39. The van der Waals surface area contributed by atoms with E-state index in [9.17, 15) is 14.7 Å². The molecule has 1 saturated heterocycles. The van der Waals surface area contributed by atoms with Crippen LogP contribution in [0.4, 0.5) is 0 Å². The van der Waals surface area contributed by atoms with Crippen LogP contribution in [0.25, 0.3) is 0 Å². The van der Waals surface area contributed by atoms with Crippen molar-refractivity contribution in [3.63, 3.8) is 0 Å². The molecule has 3 rings (SSSR count). The van der Waals surface area contributed by atoms with Gasteiger partial charge in [-0.2, -0.15) is 0 Å². The van der Waals surface area contributed by atoms with Crippen molar-refractivity contribution < 1.29 is 14.7 Å². The maximum absolute atomic E-state index is 12.4. The van der Waals surface area contributed by atoms with Crippen LogP contribution in [0.3, 0.4) is 0 Å². The molecule has 2 atom stereocenters. The number of hydrogen-bond donors (Lipinski definition) is 1. The molecule has 0 saturated carbocycles. The Balaban J connectivity index is 1.82. The first-order valence-corrected chi connectivity index (χ1v) is 8.22. The van der Waals surface area contributed by atoms with Crippen LogP contribution >= 0.6 is 0 Å². The Morgan fingerprint density at radius 2 is 2.00 bits per heavy atom. The van der Waals surface area contributed by atoms with Crippen molar-refractivity contribution in [2.75, 3.05) is 6.54 Å². The minimum atomic E-state index is -0.444. The number of aromatic nitrogens is 2. The molecule has 1 fully saturated rings. The van der Waals surface area contributed by atoms with Crippen molar-refractivity contribution in [1.82, 2.24) is 14.5 Å². The van der Waals surface area contributed by atoms with Gasteiger partial charge in [0.05, 0.1) is 18.3 Å². The molecular formula is C18H21N3O3. The van der Waals surface area contributed by atoms with Gasteiger partial charge in [-0.1, -0.05) is 25.1 Å². The van der Waals surface area contributed by atoms with Gasteiger partial charge in [0.1, 0.15) is 5.75 Å². The second-order valence-corrected chi connectivity index (χ2v) is 6.04. The molecule has 0 spiro atoms. The van der Waals surface area contributed by atoms with E-state index in [4.69, 9.17) is 0 Å². The van der Waals surface area contributed by atoms with Gasteiger partial charge in [-0.25, -0.2) is 4.98 Å². The lowest BCUT2D eigenvalue weighted by Gasteiger charge is -2.27. The fraction of sp³-hybridized carbons (Fsp3) is 0.389. The number of Topliss-reactive ketones (excluding diaryl/α,β-unsaturated/α-hetero) is 1. The molecule has 1 aromatic heterocycles. The maximum Gasteiger partial charge on any atom is 0.290 e. The first kappa shape index (κ1) is 16.2. The number of amides is 1. The van der Waals surface area contributed by atoms with Crippen LogP contribution in [0.5, 0.6) is 5.75 Å². The molecule has 2 unspecified atom stereocenters. The summed E-state index contributed by atoms with van der Waals surface area (Å²) >= 11 is 0. The highest BCUT2D eigenvalue weighted by Crippen LogP contribution is 2.41. The molecule has 2 aromatic rings. The highest BCUT2D eigenvalue weighted by atomic mass is 16.3. The standard InChI is InChI=1S/C18H21N3O3/c1-2-13-16(14-6-3-4-7-15(14)22)21(18(24)17(13)23)10-5-9-20-11-8-19-12-20/h3-4,6-8,11-13,16,22H,2,5,9-10H2,1H3. The van der Waals surface area contributed by atoms with Gasteiger partial charge in [-0.05, 0) is 18.9 Å². The smallest absolute Gasteiger partial charge is 0.290 e. The quantitative estimate of drug-likeness (QED) is 0.825. The summed E-state index contributed by atoms with van der Waals surface area (Å²) in [7, 11) is 0. The molecule has 126 valence electrons. The molecule has 0 aliphatic carbocycles. The Morgan fingerprint density at radius 3 is 2.67 bits per heavy atom. The van der Waals surface area contributed by atoms with Crippen molar-refractivity contribution in [1.29, 1.82) is 0 Å². The Hall–Kier alpha value is -2.63. The summed E-state index contributed by atoms with van der Waals surface area (Å²) in [6, 6.07) is 6.55. The number of benzene rings is 1. The molecular weight excluding hydrogens is 306 g/mol. The molecule has 0 radical (unpaired) electrons. The summed E-state index contributed by atoms with van der Waals surface area (Å²) in [4.78, 5) is 30.4. The van der Waals surface area contributed by atoms with Gasteiger partial charge in [0.2, 0.25) is 5.78 Å². The first-order chi connectivity index (χ1) is 11.6. The minimum absolute atomic E-state index is 0.128. The van der Waals surface area contributed by atoms with Crippen LogP contribution in [0.2, 0.25) is 0 Å². The molecule has 1 N–H and O–H groups in total. The third kappa shape index (κ3) is 2.91. The lowest BCUT2D eigenvalue weighted by atomic mass is 9.90. The Bertz CT molecular complexity index is 727. The molecule has 1 aliphatic rings. The van der Waals surface area contributed by atoms with Gasteiger partial charge in [-0.15, -0.1) is 0 Å². The average Bonchev–Trinajstić information content (AvgIpc) is 3.17. The van der Waals surface area contributed by atoms with Crippen molar-refractivity contribution in [2.45, 2.75) is 32.4 Å². The normalized spacial score (nSPS) is 20.8. The number of likely N-dealkylation sites (tertiary alicyclic amines) is 1. The van der Waals surface area contributed by atoms with Crippen LogP contribution in [-0.2, 0) is 16.1 Å². The number of carbonyl (C=O) groups excluding carboxylic acids is 2. The second-order valence-electron chi connectivity index (χ2n) is 6.04. The number of aromatic hydroxyl groups is 1. The zero-order chi connectivity index (χ0) is 17.1. The lowest BCUT2D eigenvalue weighted by molar-refractivity contribution is -0.141. The van der Waals surface area contributed by atoms with E-state index in [0.717, 1.165) is 13.0 Å². The Labute approximate surface area is 140 Å². The average molecular weight is 327 g/mol. The molecule has 1 amide bonds. The van der Waals surface area contributed by atoms with Gasteiger partial charge < -0.3 is 14.6 Å². The predicted octanol–water partition coefficient (Wildman–Crippen LogP) is 2.16. The van der Waals surface area contributed by atoms with Gasteiger partial charge in [0.15, 0.2) is 0 Å². The zero-order valence-electron chi connectivity index (χ0n) is 13.6. The number of aryl methyl sites for hydroxylation is 1. The summed E-state index contributed by atoms with van der Waals surface area (Å²) in [5, 5.41) is 10.2. The van der Waals surface area contributed by atoms with Crippen molar-refractivity contribution in [3.8, 4) is 5.75 Å². The van der Waals surface area contributed by atoms with Crippen LogP contribution in [0.1, 0.15) is 31.4 Å². The van der Waals surface area contributed by atoms with E-state index in [-0.39, 0.29) is 17.6 Å². The van der Waals surface area contributed by atoms with E-state index in [1.165, 1.54) is 0 Å². The number of carbonyl (C=O) groups is 2. The number of rotatable bonds is 6. The zero-order valence-corrected chi connectivity index (χ0v) is 13.6. The molecule has 6 heteroatoms.